The molecule has 1 aromatic heterocycles. The Morgan fingerprint density at radius 2 is 2.14 bits per heavy atom. The van der Waals surface area contributed by atoms with Gasteiger partial charge in [-0.15, -0.1) is 11.3 Å². The van der Waals surface area contributed by atoms with Gasteiger partial charge in [0.1, 0.15) is 5.82 Å². The van der Waals surface area contributed by atoms with E-state index in [1.165, 1.54) is 10.9 Å². The second-order valence-electron chi connectivity index (χ2n) is 5.13. The molecule has 1 aromatic carbocycles. The lowest BCUT2D eigenvalue weighted by atomic mass is 10.0. The molecule has 0 spiro atoms. The predicted octanol–water partition coefficient (Wildman–Crippen LogP) is 4.84. The molecule has 2 nitrogen and oxygen atoms in total. The van der Waals surface area contributed by atoms with Gasteiger partial charge < -0.3 is 5.32 Å². The Balaban J connectivity index is 2.27. The molecule has 2 aromatic rings. The molecule has 0 aliphatic heterocycles. The van der Waals surface area contributed by atoms with E-state index in [9.17, 15) is 4.39 Å². The van der Waals surface area contributed by atoms with E-state index in [4.69, 9.17) is 11.6 Å². The minimum absolute atomic E-state index is 0.103. The second-order valence-corrected chi connectivity index (χ2v) is 6.85. The summed E-state index contributed by atoms with van der Waals surface area (Å²) in [5.41, 5.74) is 1.66. The summed E-state index contributed by atoms with van der Waals surface area (Å²) in [6.07, 6.45) is 1.67. The fourth-order valence-electron chi connectivity index (χ4n) is 2.19. The first-order valence-corrected chi connectivity index (χ1v) is 8.32. The molecule has 0 aliphatic carbocycles. The first-order valence-electron chi connectivity index (χ1n) is 7.12. The van der Waals surface area contributed by atoms with Crippen LogP contribution in [-0.2, 0) is 6.42 Å². The van der Waals surface area contributed by atoms with E-state index in [1.54, 1.807) is 23.5 Å². The molecule has 0 radical (unpaired) electrons. The number of nitrogens with one attached hydrogen (secondary N) is 1. The third kappa shape index (κ3) is 4.25. The lowest BCUT2D eigenvalue weighted by molar-refractivity contribution is 0.496. The summed E-state index contributed by atoms with van der Waals surface area (Å²) in [6.45, 7) is 6.99. The highest BCUT2D eigenvalue weighted by Gasteiger charge is 2.18. The predicted molar refractivity (Wildman–Crippen MR) is 87.7 cm³/mol. The Bertz CT molecular complexity index is 593. The van der Waals surface area contributed by atoms with Crippen molar-refractivity contribution in [3.8, 4) is 0 Å². The van der Waals surface area contributed by atoms with Gasteiger partial charge in [0.2, 0.25) is 0 Å². The third-order valence-electron chi connectivity index (χ3n) is 3.43. The van der Waals surface area contributed by atoms with Crippen LogP contribution in [0.25, 0.3) is 0 Å². The molecule has 2 rings (SSSR count). The molecule has 0 fully saturated rings. The average molecular weight is 327 g/mol. The average Bonchev–Trinajstić information content (AvgIpc) is 2.76. The monoisotopic (exact) mass is 326 g/mol. The van der Waals surface area contributed by atoms with Gasteiger partial charge in [-0.05, 0) is 45.0 Å². The molecule has 0 saturated heterocycles. The fourth-order valence-corrected chi connectivity index (χ4v) is 3.35. The molecule has 0 bridgehead atoms. The Labute approximate surface area is 134 Å². The van der Waals surface area contributed by atoms with Gasteiger partial charge in [0.05, 0.1) is 10.7 Å². The minimum Gasteiger partial charge on any atom is -0.309 e. The number of nitrogens with zero attached hydrogens (tertiary/aromatic N) is 1. The molecule has 1 N–H and O–H groups in total. The van der Waals surface area contributed by atoms with Gasteiger partial charge >= 0.3 is 0 Å². The molecule has 1 heterocycles. The van der Waals surface area contributed by atoms with Crippen LogP contribution in [0.2, 0.25) is 5.02 Å². The van der Waals surface area contributed by atoms with Crippen molar-refractivity contribution in [1.82, 2.24) is 10.3 Å². The highest BCUT2D eigenvalue weighted by Crippen LogP contribution is 2.27. The number of hydrogen-bond donors (Lipinski definition) is 1. The molecule has 0 amide bonds. The van der Waals surface area contributed by atoms with Crippen molar-refractivity contribution in [2.75, 3.05) is 6.54 Å². The first-order chi connectivity index (χ1) is 10.0. The molecular weight excluding hydrogens is 307 g/mol. The van der Waals surface area contributed by atoms with E-state index < -0.39 is 0 Å². The zero-order valence-corrected chi connectivity index (χ0v) is 14.1. The van der Waals surface area contributed by atoms with Crippen LogP contribution < -0.4 is 5.32 Å². The largest absolute Gasteiger partial charge is 0.309 e. The van der Waals surface area contributed by atoms with E-state index in [0.29, 0.717) is 17.0 Å². The summed E-state index contributed by atoms with van der Waals surface area (Å²) in [6, 6.07) is 4.61. The van der Waals surface area contributed by atoms with Crippen molar-refractivity contribution >= 4 is 22.9 Å². The second kappa shape index (κ2) is 7.34. The normalized spacial score (nSPS) is 12.6. The number of halogens is 2. The van der Waals surface area contributed by atoms with Gasteiger partial charge in [0.25, 0.3) is 0 Å². The minimum atomic E-state index is -0.224. The maximum absolute atomic E-state index is 14.1. The Kier molecular flexibility index (Phi) is 5.73. The lowest BCUT2D eigenvalue weighted by Crippen LogP contribution is -2.25. The van der Waals surface area contributed by atoms with Crippen molar-refractivity contribution in [2.45, 2.75) is 39.7 Å². The molecule has 21 heavy (non-hydrogen) atoms. The van der Waals surface area contributed by atoms with E-state index in [1.807, 2.05) is 6.92 Å². The van der Waals surface area contributed by atoms with Crippen LogP contribution in [0.1, 0.15) is 40.5 Å². The molecule has 5 heteroatoms. The van der Waals surface area contributed by atoms with Crippen LogP contribution in [-0.4, -0.2) is 11.5 Å². The van der Waals surface area contributed by atoms with Crippen molar-refractivity contribution < 1.29 is 4.39 Å². The number of aryl methyl sites for hydroxylation is 2. The van der Waals surface area contributed by atoms with Crippen molar-refractivity contribution in [1.29, 1.82) is 0 Å². The number of benzene rings is 1. The zero-order valence-electron chi connectivity index (χ0n) is 12.5. The Hall–Kier alpha value is -0.970. The SMILES string of the molecule is CCCNC(Cc1nc(C)c(C)s1)c1cc(Cl)ccc1F. The number of aromatic nitrogens is 1. The quantitative estimate of drug-likeness (QED) is 0.822. The van der Waals surface area contributed by atoms with Gasteiger partial charge in [0, 0.05) is 27.9 Å². The van der Waals surface area contributed by atoms with Gasteiger partial charge in [0.15, 0.2) is 0 Å². The first kappa shape index (κ1) is 16.4. The van der Waals surface area contributed by atoms with Gasteiger partial charge in [-0.2, -0.15) is 0 Å². The number of rotatable bonds is 6. The molecular formula is C16H20ClFN2S. The molecule has 1 atom stereocenters. The zero-order chi connectivity index (χ0) is 15.4. The van der Waals surface area contributed by atoms with E-state index in [-0.39, 0.29) is 11.9 Å². The Morgan fingerprint density at radius 1 is 1.38 bits per heavy atom. The molecule has 1 unspecified atom stereocenters. The summed E-state index contributed by atoms with van der Waals surface area (Å²) in [4.78, 5) is 5.77. The van der Waals surface area contributed by atoms with Crippen LogP contribution in [0.4, 0.5) is 4.39 Å². The van der Waals surface area contributed by atoms with Crippen LogP contribution in [0, 0.1) is 19.7 Å². The summed E-state index contributed by atoms with van der Waals surface area (Å²) < 4.78 is 14.1. The highest BCUT2D eigenvalue weighted by molar-refractivity contribution is 7.11. The summed E-state index contributed by atoms with van der Waals surface area (Å²) in [5.74, 6) is -0.224. The van der Waals surface area contributed by atoms with Crippen LogP contribution in [0.5, 0.6) is 0 Å². The van der Waals surface area contributed by atoms with E-state index >= 15 is 0 Å². The molecule has 0 aliphatic rings. The lowest BCUT2D eigenvalue weighted by Gasteiger charge is -2.19. The standard InChI is InChI=1S/C16H20ClFN2S/c1-4-7-19-15(9-16-20-10(2)11(3)21-16)13-8-12(17)5-6-14(13)18/h5-6,8,15,19H,4,7,9H2,1-3H3. The smallest absolute Gasteiger partial charge is 0.128 e. The maximum Gasteiger partial charge on any atom is 0.128 e. The van der Waals surface area contributed by atoms with Gasteiger partial charge in [-0.1, -0.05) is 18.5 Å². The van der Waals surface area contributed by atoms with Gasteiger partial charge in [-0.3, -0.25) is 0 Å². The molecule has 114 valence electrons. The third-order valence-corrected chi connectivity index (χ3v) is 4.76. The maximum atomic E-state index is 14.1. The van der Waals surface area contributed by atoms with Crippen LogP contribution in [0.15, 0.2) is 18.2 Å². The Morgan fingerprint density at radius 3 is 2.76 bits per heavy atom. The van der Waals surface area contributed by atoms with E-state index in [0.717, 1.165) is 23.7 Å². The number of thiazole rings is 1. The summed E-state index contributed by atoms with van der Waals surface area (Å²) in [7, 11) is 0. The van der Waals surface area contributed by atoms with Crippen LogP contribution >= 0.6 is 22.9 Å². The fraction of sp³-hybridized carbons (Fsp3) is 0.438. The number of hydrogen-bond acceptors (Lipinski definition) is 3. The highest BCUT2D eigenvalue weighted by atomic mass is 35.5. The van der Waals surface area contributed by atoms with Crippen molar-refractivity contribution in [3.63, 3.8) is 0 Å². The molecule has 0 saturated carbocycles. The van der Waals surface area contributed by atoms with Crippen molar-refractivity contribution in [3.05, 3.63) is 50.2 Å². The van der Waals surface area contributed by atoms with E-state index in [2.05, 4.69) is 24.1 Å². The summed E-state index contributed by atoms with van der Waals surface area (Å²) in [5, 5.41) is 4.98. The topological polar surface area (TPSA) is 24.9 Å². The van der Waals surface area contributed by atoms with Crippen molar-refractivity contribution in [2.24, 2.45) is 0 Å². The van der Waals surface area contributed by atoms with Gasteiger partial charge in [-0.25, -0.2) is 9.37 Å². The van der Waals surface area contributed by atoms with Crippen LogP contribution in [0.3, 0.4) is 0 Å². The summed E-state index contributed by atoms with van der Waals surface area (Å²) >= 11 is 7.69.